The number of carbonyl (C=O) groups excluding carboxylic acids is 1. The van der Waals surface area contributed by atoms with Crippen LogP contribution in [0, 0.1) is 0 Å². The first kappa shape index (κ1) is 9.52. The van der Waals surface area contributed by atoms with Gasteiger partial charge in [0.15, 0.2) is 0 Å². The molecule has 1 heterocycles. The lowest BCUT2D eigenvalue weighted by atomic mass is 10.2. The second-order valence-electron chi connectivity index (χ2n) is 3.15. The van der Waals surface area contributed by atoms with E-state index in [0.29, 0.717) is 0 Å². The highest BCUT2D eigenvalue weighted by atomic mass is 16.5. The van der Waals surface area contributed by atoms with E-state index in [2.05, 4.69) is 12.2 Å². The molecule has 1 amide bonds. The number of rotatable bonds is 4. The number of hydrogen-bond acceptors (Lipinski definition) is 2. The molecule has 0 aromatic heterocycles. The monoisotopic (exact) mass is 171 g/mol. The summed E-state index contributed by atoms with van der Waals surface area (Å²) in [6.07, 6.45) is 3.91. The molecule has 0 radical (unpaired) electrons. The van der Waals surface area contributed by atoms with Gasteiger partial charge in [0.25, 0.3) is 0 Å². The third-order valence-corrected chi connectivity index (χ3v) is 2.05. The van der Waals surface area contributed by atoms with Crippen LogP contribution in [-0.2, 0) is 9.53 Å². The van der Waals surface area contributed by atoms with Crippen molar-refractivity contribution in [3.8, 4) is 0 Å². The van der Waals surface area contributed by atoms with Gasteiger partial charge in [0.2, 0.25) is 5.91 Å². The predicted molar refractivity (Wildman–Crippen MR) is 46.9 cm³/mol. The minimum absolute atomic E-state index is 0.0703. The van der Waals surface area contributed by atoms with E-state index in [9.17, 15) is 4.79 Å². The van der Waals surface area contributed by atoms with Crippen LogP contribution in [0.2, 0.25) is 0 Å². The van der Waals surface area contributed by atoms with Crippen LogP contribution in [0.25, 0.3) is 0 Å². The van der Waals surface area contributed by atoms with Crippen LogP contribution in [0.4, 0.5) is 0 Å². The molecular formula is C9H17NO2. The molecule has 1 aliphatic rings. The summed E-state index contributed by atoms with van der Waals surface area (Å²) in [4.78, 5) is 11.3. The topological polar surface area (TPSA) is 38.3 Å². The van der Waals surface area contributed by atoms with Gasteiger partial charge in [-0.25, -0.2) is 0 Å². The Kier molecular flexibility index (Phi) is 4.08. The van der Waals surface area contributed by atoms with Gasteiger partial charge in [-0.1, -0.05) is 13.3 Å². The number of carbonyl (C=O) groups is 1. The zero-order chi connectivity index (χ0) is 8.81. The van der Waals surface area contributed by atoms with Gasteiger partial charge >= 0.3 is 0 Å². The van der Waals surface area contributed by atoms with Crippen LogP contribution < -0.4 is 5.32 Å². The SMILES string of the molecule is CCCCNC(=O)[C@H]1CCCO1. The average molecular weight is 171 g/mol. The van der Waals surface area contributed by atoms with E-state index in [1.807, 2.05) is 0 Å². The highest BCUT2D eigenvalue weighted by Crippen LogP contribution is 2.11. The van der Waals surface area contributed by atoms with E-state index in [0.717, 1.165) is 38.8 Å². The highest BCUT2D eigenvalue weighted by molar-refractivity contribution is 5.80. The molecule has 3 heteroatoms. The van der Waals surface area contributed by atoms with Gasteiger partial charge in [-0.2, -0.15) is 0 Å². The van der Waals surface area contributed by atoms with Crippen LogP contribution >= 0.6 is 0 Å². The Morgan fingerprint density at radius 1 is 1.67 bits per heavy atom. The second kappa shape index (κ2) is 5.14. The molecule has 0 saturated carbocycles. The minimum Gasteiger partial charge on any atom is -0.368 e. The number of ether oxygens (including phenoxy) is 1. The van der Waals surface area contributed by atoms with Gasteiger partial charge < -0.3 is 10.1 Å². The molecule has 1 fully saturated rings. The van der Waals surface area contributed by atoms with E-state index in [-0.39, 0.29) is 12.0 Å². The summed E-state index contributed by atoms with van der Waals surface area (Å²) in [5, 5.41) is 2.86. The normalized spacial score (nSPS) is 22.6. The first-order chi connectivity index (χ1) is 5.84. The van der Waals surface area contributed by atoms with Crippen molar-refractivity contribution in [2.75, 3.05) is 13.2 Å². The molecule has 1 aliphatic heterocycles. The lowest BCUT2D eigenvalue weighted by Gasteiger charge is -2.09. The lowest BCUT2D eigenvalue weighted by Crippen LogP contribution is -2.34. The van der Waals surface area contributed by atoms with Crippen molar-refractivity contribution in [2.24, 2.45) is 0 Å². The van der Waals surface area contributed by atoms with Crippen molar-refractivity contribution < 1.29 is 9.53 Å². The summed E-state index contributed by atoms with van der Waals surface area (Å²) in [5.41, 5.74) is 0. The van der Waals surface area contributed by atoms with Crippen LogP contribution in [0.5, 0.6) is 0 Å². The number of unbranched alkanes of at least 4 members (excludes halogenated alkanes) is 1. The molecule has 0 spiro atoms. The Bertz CT molecular complexity index is 141. The van der Waals surface area contributed by atoms with Crippen LogP contribution in [0.3, 0.4) is 0 Å². The number of nitrogens with one attached hydrogen (secondary N) is 1. The van der Waals surface area contributed by atoms with Crippen molar-refractivity contribution in [3.05, 3.63) is 0 Å². The molecule has 3 nitrogen and oxygen atoms in total. The zero-order valence-electron chi connectivity index (χ0n) is 7.64. The minimum atomic E-state index is -0.165. The van der Waals surface area contributed by atoms with E-state index in [4.69, 9.17) is 4.74 Å². The summed E-state index contributed by atoms with van der Waals surface area (Å²) in [5.74, 6) is 0.0703. The summed E-state index contributed by atoms with van der Waals surface area (Å²) in [7, 11) is 0. The van der Waals surface area contributed by atoms with Crippen molar-refractivity contribution in [2.45, 2.75) is 38.7 Å². The fraction of sp³-hybridized carbons (Fsp3) is 0.889. The molecule has 0 aromatic carbocycles. The summed E-state index contributed by atoms with van der Waals surface area (Å²) < 4.78 is 5.23. The largest absolute Gasteiger partial charge is 0.368 e. The highest BCUT2D eigenvalue weighted by Gasteiger charge is 2.22. The molecule has 1 saturated heterocycles. The van der Waals surface area contributed by atoms with Gasteiger partial charge in [-0.3, -0.25) is 4.79 Å². The quantitative estimate of drug-likeness (QED) is 0.643. The van der Waals surface area contributed by atoms with Crippen LogP contribution in [0.1, 0.15) is 32.6 Å². The van der Waals surface area contributed by atoms with Crippen molar-refractivity contribution in [1.29, 1.82) is 0 Å². The molecule has 70 valence electrons. The summed E-state index contributed by atoms with van der Waals surface area (Å²) in [6.45, 7) is 3.64. The van der Waals surface area contributed by atoms with Gasteiger partial charge in [-0.05, 0) is 19.3 Å². The third-order valence-electron chi connectivity index (χ3n) is 2.05. The Morgan fingerprint density at radius 2 is 2.50 bits per heavy atom. The Morgan fingerprint density at radius 3 is 3.08 bits per heavy atom. The second-order valence-corrected chi connectivity index (χ2v) is 3.15. The molecule has 1 atom stereocenters. The van der Waals surface area contributed by atoms with E-state index < -0.39 is 0 Å². The van der Waals surface area contributed by atoms with Crippen molar-refractivity contribution in [1.82, 2.24) is 5.32 Å². The van der Waals surface area contributed by atoms with Crippen LogP contribution in [0.15, 0.2) is 0 Å². The summed E-state index contributed by atoms with van der Waals surface area (Å²) >= 11 is 0. The predicted octanol–water partition coefficient (Wildman–Crippen LogP) is 1.08. The third kappa shape index (κ3) is 2.81. The maximum absolute atomic E-state index is 11.3. The first-order valence-corrected chi connectivity index (χ1v) is 4.74. The number of hydrogen-bond donors (Lipinski definition) is 1. The molecular weight excluding hydrogens is 154 g/mol. The fourth-order valence-corrected chi connectivity index (χ4v) is 1.29. The zero-order valence-corrected chi connectivity index (χ0v) is 7.64. The van der Waals surface area contributed by atoms with E-state index >= 15 is 0 Å². The van der Waals surface area contributed by atoms with Crippen LogP contribution in [-0.4, -0.2) is 25.2 Å². The molecule has 0 aliphatic carbocycles. The van der Waals surface area contributed by atoms with Gasteiger partial charge in [-0.15, -0.1) is 0 Å². The van der Waals surface area contributed by atoms with Crippen molar-refractivity contribution in [3.63, 3.8) is 0 Å². The molecule has 0 aromatic rings. The fourth-order valence-electron chi connectivity index (χ4n) is 1.29. The molecule has 0 bridgehead atoms. The summed E-state index contributed by atoms with van der Waals surface area (Å²) in [6, 6.07) is 0. The molecule has 0 unspecified atom stereocenters. The average Bonchev–Trinajstić information content (AvgIpc) is 2.56. The maximum Gasteiger partial charge on any atom is 0.249 e. The van der Waals surface area contributed by atoms with Gasteiger partial charge in [0.1, 0.15) is 6.10 Å². The van der Waals surface area contributed by atoms with Gasteiger partial charge in [0, 0.05) is 13.2 Å². The first-order valence-electron chi connectivity index (χ1n) is 4.74. The molecule has 1 rings (SSSR count). The standard InChI is InChI=1S/C9H17NO2/c1-2-3-6-10-9(11)8-5-4-7-12-8/h8H,2-7H2,1H3,(H,10,11)/t8-/m1/s1. The van der Waals surface area contributed by atoms with E-state index in [1.54, 1.807) is 0 Å². The molecule has 1 N–H and O–H groups in total. The smallest absolute Gasteiger partial charge is 0.249 e. The Hall–Kier alpha value is -0.570. The maximum atomic E-state index is 11.3. The van der Waals surface area contributed by atoms with Crippen molar-refractivity contribution >= 4 is 5.91 Å². The Labute approximate surface area is 73.5 Å². The lowest BCUT2D eigenvalue weighted by molar-refractivity contribution is -0.130. The number of amides is 1. The molecule has 12 heavy (non-hydrogen) atoms. The van der Waals surface area contributed by atoms with E-state index in [1.165, 1.54) is 0 Å². The Balaban J connectivity index is 2.10. The van der Waals surface area contributed by atoms with Gasteiger partial charge in [0.05, 0.1) is 0 Å².